The summed E-state index contributed by atoms with van der Waals surface area (Å²) in [6.07, 6.45) is 2.01. The number of nitrogens with one attached hydrogen (secondary N) is 1. The van der Waals surface area contributed by atoms with E-state index in [1.54, 1.807) is 7.11 Å². The topological polar surface area (TPSA) is 65.1 Å². The van der Waals surface area contributed by atoms with E-state index in [1.807, 2.05) is 27.0 Å². The molecule has 0 aliphatic rings. The van der Waals surface area contributed by atoms with Gasteiger partial charge in [-0.1, -0.05) is 5.16 Å². The third-order valence-electron chi connectivity index (χ3n) is 3.04. The van der Waals surface area contributed by atoms with Crippen LogP contribution in [0.15, 0.2) is 10.7 Å². The fraction of sp³-hybridized carbons (Fsp3) is 0.538. The highest BCUT2D eigenvalue weighted by Gasteiger charge is 2.10. The van der Waals surface area contributed by atoms with E-state index < -0.39 is 0 Å². The second kappa shape index (κ2) is 5.88. The summed E-state index contributed by atoms with van der Waals surface area (Å²) in [5, 5.41) is 7.27. The average Bonchev–Trinajstić information content (AvgIpc) is 2.88. The van der Waals surface area contributed by atoms with Gasteiger partial charge in [-0.15, -0.1) is 0 Å². The smallest absolute Gasteiger partial charge is 0.203 e. The maximum atomic E-state index is 5.15. The van der Waals surface area contributed by atoms with Gasteiger partial charge in [0.05, 0.1) is 18.0 Å². The lowest BCUT2D eigenvalue weighted by Crippen LogP contribution is -2.10. The van der Waals surface area contributed by atoms with Crippen LogP contribution in [0.1, 0.15) is 22.7 Å². The molecule has 0 atom stereocenters. The maximum absolute atomic E-state index is 5.15. The molecule has 6 heteroatoms. The predicted octanol–water partition coefficient (Wildman–Crippen LogP) is 2.05. The first kappa shape index (κ1) is 13.6. The highest BCUT2D eigenvalue weighted by atomic mass is 16.5. The summed E-state index contributed by atoms with van der Waals surface area (Å²) in [6.45, 7) is 7.93. The molecule has 2 rings (SSSR count). The zero-order valence-electron chi connectivity index (χ0n) is 11.9. The number of hydrogen-bond acceptors (Lipinski definition) is 5. The fourth-order valence-electron chi connectivity index (χ4n) is 1.97. The molecule has 104 valence electrons. The summed E-state index contributed by atoms with van der Waals surface area (Å²) in [6, 6.07) is 0. The van der Waals surface area contributed by atoms with E-state index in [2.05, 4.69) is 20.0 Å². The third kappa shape index (κ3) is 3.14. The molecule has 0 aliphatic carbocycles. The molecule has 0 bridgehead atoms. The van der Waals surface area contributed by atoms with Gasteiger partial charge in [0.25, 0.3) is 0 Å². The van der Waals surface area contributed by atoms with Gasteiger partial charge in [-0.2, -0.15) is 0 Å². The van der Waals surface area contributed by atoms with E-state index >= 15 is 0 Å². The fourth-order valence-corrected chi connectivity index (χ4v) is 1.97. The van der Waals surface area contributed by atoms with Gasteiger partial charge in [0.2, 0.25) is 5.95 Å². The van der Waals surface area contributed by atoms with Crippen LogP contribution in [0.25, 0.3) is 0 Å². The molecule has 2 aromatic heterocycles. The van der Waals surface area contributed by atoms with Gasteiger partial charge < -0.3 is 19.1 Å². The molecule has 2 heterocycles. The first-order valence-electron chi connectivity index (χ1n) is 6.30. The van der Waals surface area contributed by atoms with Gasteiger partial charge in [-0.25, -0.2) is 4.98 Å². The van der Waals surface area contributed by atoms with Crippen molar-refractivity contribution >= 4 is 5.95 Å². The molecule has 0 aromatic carbocycles. The van der Waals surface area contributed by atoms with Crippen molar-refractivity contribution in [1.82, 2.24) is 14.7 Å². The molecule has 0 radical (unpaired) electrons. The quantitative estimate of drug-likeness (QED) is 0.865. The molecule has 0 saturated carbocycles. The number of ether oxygens (including phenoxy) is 1. The van der Waals surface area contributed by atoms with Crippen LogP contribution in [0.5, 0.6) is 0 Å². The van der Waals surface area contributed by atoms with Crippen LogP contribution in [0.2, 0.25) is 0 Å². The summed E-state index contributed by atoms with van der Waals surface area (Å²) >= 11 is 0. The van der Waals surface area contributed by atoms with Crippen LogP contribution >= 0.6 is 0 Å². The molecule has 0 spiro atoms. The van der Waals surface area contributed by atoms with Gasteiger partial charge in [-0.05, 0) is 20.8 Å². The Balaban J connectivity index is 2.06. The Labute approximate surface area is 112 Å². The molecular weight excluding hydrogens is 244 g/mol. The number of imidazole rings is 1. The van der Waals surface area contributed by atoms with E-state index in [0.717, 1.165) is 35.2 Å². The van der Waals surface area contributed by atoms with Crippen LogP contribution in [0.3, 0.4) is 0 Å². The first-order valence-corrected chi connectivity index (χ1v) is 6.30. The van der Waals surface area contributed by atoms with Crippen LogP contribution in [-0.4, -0.2) is 28.4 Å². The second-order valence-corrected chi connectivity index (χ2v) is 4.55. The summed E-state index contributed by atoms with van der Waals surface area (Å²) in [5.41, 5.74) is 2.98. The summed E-state index contributed by atoms with van der Waals surface area (Å²) in [5.74, 6) is 1.69. The number of nitrogens with zero attached hydrogens (tertiary/aromatic N) is 3. The Kier molecular flexibility index (Phi) is 4.21. The highest BCUT2D eigenvalue weighted by Crippen LogP contribution is 2.15. The number of rotatable bonds is 6. The Hall–Kier alpha value is -1.82. The highest BCUT2D eigenvalue weighted by molar-refractivity contribution is 5.32. The number of hydrogen-bond donors (Lipinski definition) is 1. The number of methoxy groups -OCH3 is 1. The Morgan fingerprint density at radius 3 is 2.79 bits per heavy atom. The largest absolute Gasteiger partial charge is 0.383 e. The van der Waals surface area contributed by atoms with Crippen molar-refractivity contribution in [2.24, 2.45) is 0 Å². The molecule has 6 nitrogen and oxygen atoms in total. The van der Waals surface area contributed by atoms with Crippen LogP contribution < -0.4 is 5.32 Å². The SMILES string of the molecule is COCCn1cc(C)nc1NCc1c(C)noc1C. The Bertz CT molecular complexity index is 525. The molecule has 0 amide bonds. The zero-order valence-corrected chi connectivity index (χ0v) is 11.9. The number of aryl methyl sites for hydroxylation is 3. The third-order valence-corrected chi connectivity index (χ3v) is 3.04. The first-order chi connectivity index (χ1) is 9.11. The Morgan fingerprint density at radius 1 is 1.37 bits per heavy atom. The summed E-state index contributed by atoms with van der Waals surface area (Å²) in [7, 11) is 1.70. The molecule has 2 aromatic rings. The Morgan fingerprint density at radius 2 is 2.16 bits per heavy atom. The van der Waals surface area contributed by atoms with Gasteiger partial charge >= 0.3 is 0 Å². The van der Waals surface area contributed by atoms with Crippen LogP contribution in [0, 0.1) is 20.8 Å². The van der Waals surface area contributed by atoms with Gasteiger partial charge in [0.15, 0.2) is 0 Å². The number of aromatic nitrogens is 3. The normalized spacial score (nSPS) is 10.9. The van der Waals surface area contributed by atoms with Gasteiger partial charge in [-0.3, -0.25) is 0 Å². The predicted molar refractivity (Wildman–Crippen MR) is 72.1 cm³/mol. The van der Waals surface area contributed by atoms with E-state index in [4.69, 9.17) is 9.26 Å². The molecule has 19 heavy (non-hydrogen) atoms. The van der Waals surface area contributed by atoms with E-state index in [9.17, 15) is 0 Å². The van der Waals surface area contributed by atoms with Crippen molar-refractivity contribution in [2.45, 2.75) is 33.9 Å². The minimum Gasteiger partial charge on any atom is -0.383 e. The van der Waals surface area contributed by atoms with Crippen LogP contribution in [0.4, 0.5) is 5.95 Å². The molecule has 1 N–H and O–H groups in total. The monoisotopic (exact) mass is 264 g/mol. The summed E-state index contributed by atoms with van der Waals surface area (Å²) in [4.78, 5) is 4.47. The lowest BCUT2D eigenvalue weighted by Gasteiger charge is -2.09. The molecular formula is C13H20N4O2. The van der Waals surface area contributed by atoms with Crippen molar-refractivity contribution < 1.29 is 9.26 Å². The minimum absolute atomic E-state index is 0.657. The lowest BCUT2D eigenvalue weighted by atomic mass is 10.2. The van der Waals surface area contributed by atoms with Crippen molar-refractivity contribution in [3.8, 4) is 0 Å². The van der Waals surface area contributed by atoms with Crippen molar-refractivity contribution in [2.75, 3.05) is 19.0 Å². The van der Waals surface area contributed by atoms with Gasteiger partial charge in [0.1, 0.15) is 5.76 Å². The standard InChI is InChI=1S/C13H20N4O2/c1-9-8-17(5-6-18-4)13(15-9)14-7-12-10(2)16-19-11(12)3/h8H,5-7H2,1-4H3,(H,14,15). The second-order valence-electron chi connectivity index (χ2n) is 4.55. The lowest BCUT2D eigenvalue weighted by molar-refractivity contribution is 0.187. The van der Waals surface area contributed by atoms with E-state index in [-0.39, 0.29) is 0 Å². The minimum atomic E-state index is 0.657. The van der Waals surface area contributed by atoms with Gasteiger partial charge in [0, 0.05) is 32.0 Å². The van der Waals surface area contributed by atoms with Crippen molar-refractivity contribution in [3.05, 3.63) is 28.9 Å². The summed E-state index contributed by atoms with van der Waals surface area (Å²) < 4.78 is 12.3. The zero-order chi connectivity index (χ0) is 13.8. The maximum Gasteiger partial charge on any atom is 0.203 e. The van der Waals surface area contributed by atoms with E-state index in [0.29, 0.717) is 13.2 Å². The molecule has 0 saturated heterocycles. The molecule has 0 unspecified atom stereocenters. The van der Waals surface area contributed by atoms with Crippen molar-refractivity contribution in [1.29, 1.82) is 0 Å². The molecule has 0 fully saturated rings. The van der Waals surface area contributed by atoms with E-state index in [1.165, 1.54) is 0 Å². The number of anilines is 1. The molecule has 0 aliphatic heterocycles. The van der Waals surface area contributed by atoms with Crippen molar-refractivity contribution in [3.63, 3.8) is 0 Å². The van der Waals surface area contributed by atoms with Crippen LogP contribution in [-0.2, 0) is 17.8 Å². The average molecular weight is 264 g/mol.